The second-order valence-corrected chi connectivity index (χ2v) is 5.63. The normalized spacial score (nSPS) is 19.9. The lowest BCUT2D eigenvalue weighted by molar-refractivity contribution is 0.134. The van der Waals surface area contributed by atoms with Crippen molar-refractivity contribution in [2.75, 3.05) is 19.6 Å². The van der Waals surface area contributed by atoms with Crippen LogP contribution in [0, 0.1) is 5.92 Å². The summed E-state index contributed by atoms with van der Waals surface area (Å²) in [5.74, 6) is 0.907. The highest BCUT2D eigenvalue weighted by atomic mass is 35.5. The Bertz CT molecular complexity index is 355. The monoisotopic (exact) mass is 266 g/mol. The van der Waals surface area contributed by atoms with E-state index in [1.54, 1.807) is 0 Å². The summed E-state index contributed by atoms with van der Waals surface area (Å²) in [5.41, 5.74) is 7.25. The summed E-state index contributed by atoms with van der Waals surface area (Å²) in [4.78, 5) is 2.52. The second kappa shape index (κ2) is 6.55. The average Bonchev–Trinajstić information content (AvgIpc) is 2.42. The molecule has 2 rings (SSSR count). The summed E-state index contributed by atoms with van der Waals surface area (Å²) >= 11 is 5.94. The first-order valence-electron chi connectivity index (χ1n) is 6.94. The first-order valence-corrected chi connectivity index (χ1v) is 7.32. The fourth-order valence-electron chi connectivity index (χ4n) is 2.85. The van der Waals surface area contributed by atoms with Gasteiger partial charge in [-0.3, -0.25) is 4.90 Å². The van der Waals surface area contributed by atoms with Crippen LogP contribution in [0.15, 0.2) is 24.3 Å². The van der Waals surface area contributed by atoms with Crippen LogP contribution in [-0.4, -0.2) is 24.5 Å². The molecule has 2 N–H and O–H groups in total. The van der Waals surface area contributed by atoms with Crippen molar-refractivity contribution in [1.82, 2.24) is 4.90 Å². The minimum Gasteiger partial charge on any atom is -0.329 e. The largest absolute Gasteiger partial charge is 0.329 e. The summed E-state index contributed by atoms with van der Waals surface area (Å²) in [6.45, 7) is 5.31. The molecule has 1 unspecified atom stereocenters. The van der Waals surface area contributed by atoms with E-state index in [1.807, 2.05) is 12.1 Å². The third-order valence-corrected chi connectivity index (χ3v) is 4.40. The lowest BCUT2D eigenvalue weighted by atomic mass is 9.92. The number of benzene rings is 1. The van der Waals surface area contributed by atoms with Crippen molar-refractivity contribution in [1.29, 1.82) is 0 Å². The van der Waals surface area contributed by atoms with E-state index in [1.165, 1.54) is 37.9 Å². The van der Waals surface area contributed by atoms with Gasteiger partial charge in [-0.1, -0.05) is 37.1 Å². The van der Waals surface area contributed by atoms with Crippen LogP contribution in [-0.2, 0) is 0 Å². The number of hydrogen-bond donors (Lipinski definition) is 1. The lowest BCUT2D eigenvalue weighted by Crippen LogP contribution is -2.39. The Kier molecular flexibility index (Phi) is 5.04. The number of likely N-dealkylation sites (tertiary alicyclic amines) is 1. The summed E-state index contributed by atoms with van der Waals surface area (Å²) in [6, 6.07) is 8.47. The highest BCUT2D eigenvalue weighted by molar-refractivity contribution is 6.30. The number of nitrogens with zero attached hydrogens (tertiary/aromatic N) is 1. The first kappa shape index (κ1) is 13.9. The van der Waals surface area contributed by atoms with Crippen molar-refractivity contribution < 1.29 is 0 Å². The van der Waals surface area contributed by atoms with Gasteiger partial charge >= 0.3 is 0 Å². The minimum atomic E-state index is 0.347. The van der Waals surface area contributed by atoms with Gasteiger partial charge in [-0.2, -0.15) is 0 Å². The number of rotatable bonds is 4. The van der Waals surface area contributed by atoms with Gasteiger partial charge in [-0.05, 0) is 49.5 Å². The van der Waals surface area contributed by atoms with Gasteiger partial charge in [0.1, 0.15) is 0 Å². The maximum atomic E-state index is 5.97. The van der Waals surface area contributed by atoms with Crippen LogP contribution in [0.1, 0.15) is 37.8 Å². The van der Waals surface area contributed by atoms with Gasteiger partial charge in [0.15, 0.2) is 0 Å². The standard InChI is InChI=1S/C15H23ClN2/c1-2-12-7-9-18(10-8-12)15(11-17)13-3-5-14(16)6-4-13/h3-6,12,15H,2,7-11,17H2,1H3. The van der Waals surface area contributed by atoms with Crippen molar-refractivity contribution in [3.63, 3.8) is 0 Å². The molecule has 1 saturated heterocycles. The molecule has 3 heteroatoms. The molecular weight excluding hydrogens is 244 g/mol. The SMILES string of the molecule is CCC1CCN(C(CN)c2ccc(Cl)cc2)CC1. The summed E-state index contributed by atoms with van der Waals surface area (Å²) in [7, 11) is 0. The van der Waals surface area contributed by atoms with Crippen LogP contribution in [0.5, 0.6) is 0 Å². The van der Waals surface area contributed by atoms with Crippen molar-refractivity contribution in [2.24, 2.45) is 11.7 Å². The predicted octanol–water partition coefficient (Wildman–Crippen LogP) is 3.46. The Hall–Kier alpha value is -0.570. The van der Waals surface area contributed by atoms with Crippen molar-refractivity contribution >= 4 is 11.6 Å². The molecule has 1 aromatic carbocycles. The average molecular weight is 267 g/mol. The molecule has 0 amide bonds. The molecule has 1 atom stereocenters. The van der Waals surface area contributed by atoms with E-state index < -0.39 is 0 Å². The first-order chi connectivity index (χ1) is 8.74. The van der Waals surface area contributed by atoms with Crippen molar-refractivity contribution in [2.45, 2.75) is 32.2 Å². The third-order valence-electron chi connectivity index (χ3n) is 4.15. The summed E-state index contributed by atoms with van der Waals surface area (Å²) in [6.07, 6.45) is 3.92. The topological polar surface area (TPSA) is 29.3 Å². The third kappa shape index (κ3) is 3.25. The van der Waals surface area contributed by atoms with Gasteiger partial charge in [0, 0.05) is 17.6 Å². The van der Waals surface area contributed by atoms with E-state index in [9.17, 15) is 0 Å². The van der Waals surface area contributed by atoms with Crippen LogP contribution in [0.2, 0.25) is 5.02 Å². The van der Waals surface area contributed by atoms with Gasteiger partial charge in [-0.15, -0.1) is 0 Å². The van der Waals surface area contributed by atoms with E-state index in [0.717, 1.165) is 10.9 Å². The van der Waals surface area contributed by atoms with E-state index in [-0.39, 0.29) is 0 Å². The van der Waals surface area contributed by atoms with E-state index in [4.69, 9.17) is 17.3 Å². The molecule has 0 saturated carbocycles. The van der Waals surface area contributed by atoms with Crippen LogP contribution in [0.3, 0.4) is 0 Å². The summed E-state index contributed by atoms with van der Waals surface area (Å²) < 4.78 is 0. The Balaban J connectivity index is 2.03. The molecule has 0 bridgehead atoms. The second-order valence-electron chi connectivity index (χ2n) is 5.19. The van der Waals surface area contributed by atoms with E-state index in [2.05, 4.69) is 24.0 Å². The lowest BCUT2D eigenvalue weighted by Gasteiger charge is -2.37. The molecule has 1 fully saturated rings. The number of halogens is 1. The quantitative estimate of drug-likeness (QED) is 0.904. The molecule has 1 heterocycles. The molecular formula is C15H23ClN2. The van der Waals surface area contributed by atoms with Gasteiger partial charge in [-0.25, -0.2) is 0 Å². The van der Waals surface area contributed by atoms with Crippen LogP contribution >= 0.6 is 11.6 Å². The molecule has 0 radical (unpaired) electrons. The van der Waals surface area contributed by atoms with Crippen molar-refractivity contribution in [3.05, 3.63) is 34.9 Å². The minimum absolute atomic E-state index is 0.347. The molecule has 0 aliphatic carbocycles. The molecule has 2 nitrogen and oxygen atoms in total. The maximum Gasteiger partial charge on any atom is 0.0470 e. The number of piperidine rings is 1. The highest BCUT2D eigenvalue weighted by Crippen LogP contribution is 2.28. The zero-order valence-corrected chi connectivity index (χ0v) is 11.9. The predicted molar refractivity (Wildman–Crippen MR) is 77.8 cm³/mol. The van der Waals surface area contributed by atoms with Gasteiger partial charge in [0.05, 0.1) is 0 Å². The molecule has 100 valence electrons. The highest BCUT2D eigenvalue weighted by Gasteiger charge is 2.24. The van der Waals surface area contributed by atoms with Gasteiger partial charge in [0.2, 0.25) is 0 Å². The Morgan fingerprint density at radius 3 is 2.39 bits per heavy atom. The van der Waals surface area contributed by atoms with Gasteiger partial charge in [0.25, 0.3) is 0 Å². The smallest absolute Gasteiger partial charge is 0.0470 e. The molecule has 1 aliphatic heterocycles. The fourth-order valence-corrected chi connectivity index (χ4v) is 2.98. The number of hydrogen-bond acceptors (Lipinski definition) is 2. The molecule has 18 heavy (non-hydrogen) atoms. The molecule has 0 aromatic heterocycles. The van der Waals surface area contributed by atoms with E-state index >= 15 is 0 Å². The van der Waals surface area contributed by atoms with E-state index in [0.29, 0.717) is 12.6 Å². The Morgan fingerprint density at radius 1 is 1.28 bits per heavy atom. The molecule has 0 spiro atoms. The fraction of sp³-hybridized carbons (Fsp3) is 0.600. The van der Waals surface area contributed by atoms with Gasteiger partial charge < -0.3 is 5.73 Å². The van der Waals surface area contributed by atoms with Crippen LogP contribution in [0.4, 0.5) is 0 Å². The maximum absolute atomic E-state index is 5.97. The van der Waals surface area contributed by atoms with Crippen LogP contribution < -0.4 is 5.73 Å². The number of nitrogens with two attached hydrogens (primary N) is 1. The zero-order valence-electron chi connectivity index (χ0n) is 11.1. The Labute approximate surface area is 115 Å². The Morgan fingerprint density at radius 2 is 1.89 bits per heavy atom. The zero-order chi connectivity index (χ0) is 13.0. The summed E-state index contributed by atoms with van der Waals surface area (Å²) in [5, 5.41) is 0.791. The molecule has 1 aromatic rings. The molecule has 1 aliphatic rings. The van der Waals surface area contributed by atoms with Crippen molar-refractivity contribution in [3.8, 4) is 0 Å². The van der Waals surface area contributed by atoms with Crippen LogP contribution in [0.25, 0.3) is 0 Å².